The molecular formula is C33H45N9O3S. The Balaban J connectivity index is 1.32. The Hall–Kier alpha value is -3.81. The maximum Gasteiger partial charge on any atom is 0.258 e. The number of nitrogens with one attached hydrogen (secondary N) is 2. The van der Waals surface area contributed by atoms with Gasteiger partial charge in [-0.25, -0.2) is 9.19 Å². The largest absolute Gasteiger partial charge is 0.477 e. The Labute approximate surface area is 271 Å². The van der Waals surface area contributed by atoms with Crippen LogP contribution in [0.2, 0.25) is 0 Å². The number of aliphatic imine (C=N–C) groups is 1. The molecule has 0 aliphatic carbocycles. The molecule has 0 unspecified atom stereocenters. The van der Waals surface area contributed by atoms with Crippen LogP contribution in [0.5, 0.6) is 0 Å². The van der Waals surface area contributed by atoms with Crippen LogP contribution in [0.3, 0.4) is 0 Å². The summed E-state index contributed by atoms with van der Waals surface area (Å²) >= 11 is 0. The van der Waals surface area contributed by atoms with Gasteiger partial charge < -0.3 is 20.4 Å². The van der Waals surface area contributed by atoms with Gasteiger partial charge >= 0.3 is 0 Å². The third-order valence-corrected chi connectivity index (χ3v) is 11.4. The molecule has 4 N–H and O–H groups in total. The molecule has 1 atom stereocenters. The normalized spacial score (nSPS) is 27.0. The summed E-state index contributed by atoms with van der Waals surface area (Å²) in [5, 5.41) is 6.47. The number of pyridine rings is 1. The Morgan fingerprint density at radius 2 is 1.89 bits per heavy atom. The minimum absolute atomic E-state index is 0.246. The Bertz CT molecular complexity index is 1770. The van der Waals surface area contributed by atoms with E-state index in [1.54, 1.807) is 19.2 Å². The highest BCUT2D eigenvalue weighted by Gasteiger charge is 2.28. The van der Waals surface area contributed by atoms with E-state index in [4.69, 9.17) is 19.8 Å². The van der Waals surface area contributed by atoms with Crippen molar-refractivity contribution in [3.8, 4) is 0 Å². The maximum atomic E-state index is 13.9. The average Bonchev–Trinajstić information content (AvgIpc) is 3.37. The lowest BCUT2D eigenvalue weighted by molar-refractivity contribution is 0.102. The highest BCUT2D eigenvalue weighted by Crippen LogP contribution is 2.30. The quantitative estimate of drug-likeness (QED) is 0.379. The monoisotopic (exact) mass is 647 g/mol. The minimum atomic E-state index is -2.36. The van der Waals surface area contributed by atoms with Crippen LogP contribution in [-0.2, 0) is 21.0 Å². The second kappa shape index (κ2) is 13.9. The van der Waals surface area contributed by atoms with Gasteiger partial charge in [0.15, 0.2) is 0 Å². The number of benzene rings is 1. The van der Waals surface area contributed by atoms with Crippen LogP contribution in [0, 0.1) is 12.8 Å². The number of aromatic nitrogens is 3. The van der Waals surface area contributed by atoms with Gasteiger partial charge in [-0.2, -0.15) is 4.36 Å². The molecule has 0 saturated carbocycles. The zero-order valence-electron chi connectivity index (χ0n) is 27.0. The summed E-state index contributed by atoms with van der Waals surface area (Å²) in [6.07, 6.45) is 4.91. The van der Waals surface area contributed by atoms with Gasteiger partial charge in [-0.15, -0.1) is 0 Å². The summed E-state index contributed by atoms with van der Waals surface area (Å²) in [6.45, 7) is 9.23. The predicted octanol–water partition coefficient (Wildman–Crippen LogP) is 3.93. The number of rotatable bonds is 2. The van der Waals surface area contributed by atoms with E-state index >= 15 is 0 Å². The van der Waals surface area contributed by atoms with Crippen LogP contribution in [0.15, 0.2) is 45.9 Å². The Morgan fingerprint density at radius 1 is 1.11 bits per heavy atom. The van der Waals surface area contributed by atoms with Gasteiger partial charge in [0.2, 0.25) is 11.8 Å². The van der Waals surface area contributed by atoms with E-state index in [1.165, 1.54) is 6.20 Å². The van der Waals surface area contributed by atoms with E-state index in [1.807, 2.05) is 29.7 Å². The summed E-state index contributed by atoms with van der Waals surface area (Å²) in [6, 6.07) is 9.67. The number of piperazine rings is 1. The van der Waals surface area contributed by atoms with E-state index in [0.29, 0.717) is 70.8 Å². The van der Waals surface area contributed by atoms with Gasteiger partial charge in [-0.05, 0) is 68.9 Å². The SMILES string of the molecule is CN=C1OCCC[C@@H](C)Cn2c(nc3ccc(N=S4(=O)CCC(N5CCNCC5)CC4)cc32)NC(=O)c2cc(C)nc(c2)C1=CN. The fourth-order valence-electron chi connectivity index (χ4n) is 6.67. The van der Waals surface area contributed by atoms with E-state index < -0.39 is 9.73 Å². The molecule has 6 rings (SSSR count). The number of nitrogens with two attached hydrogens (primary N) is 1. The van der Waals surface area contributed by atoms with Crippen molar-refractivity contribution in [1.29, 1.82) is 0 Å². The zero-order valence-corrected chi connectivity index (χ0v) is 27.8. The molecule has 1 amide bonds. The third kappa shape index (κ3) is 7.11. The Kier molecular flexibility index (Phi) is 9.71. The minimum Gasteiger partial charge on any atom is -0.477 e. The number of carbonyl (C=O) groups excluding carboxylic acids is 1. The van der Waals surface area contributed by atoms with Crippen molar-refractivity contribution < 1.29 is 13.7 Å². The second-order valence-electron chi connectivity index (χ2n) is 12.5. The molecule has 0 spiro atoms. The molecule has 246 valence electrons. The Morgan fingerprint density at radius 3 is 2.63 bits per heavy atom. The standard InChI is InChI=1S/C33H45N9O3S/c1-22-5-4-14-45-32(35-3)27(20-34)29-18-24(17-23(2)37-29)31(43)39-33-38-28-7-6-25(19-30(28)42(33)21-22)40-46(44)15-8-26(9-16-46)41-12-10-36-11-13-41/h6-7,17-20,22,26,36H,4-5,8-16,21,34H2,1-3H3,(H,38,39,43)/t22-,26?,46?/m1/s1. The van der Waals surface area contributed by atoms with Crippen LogP contribution in [-0.4, -0.2) is 92.8 Å². The van der Waals surface area contributed by atoms with Gasteiger partial charge in [0.1, 0.15) is 0 Å². The first kappa shape index (κ1) is 32.1. The number of fused-ring (bicyclic) bond motifs is 5. The van der Waals surface area contributed by atoms with Gasteiger partial charge in [-0.3, -0.25) is 25.0 Å². The van der Waals surface area contributed by atoms with E-state index in [9.17, 15) is 9.00 Å². The zero-order chi connectivity index (χ0) is 32.3. The lowest BCUT2D eigenvalue weighted by Crippen LogP contribution is -2.50. The van der Waals surface area contributed by atoms with Gasteiger partial charge in [-0.1, -0.05) is 6.92 Å². The van der Waals surface area contributed by atoms with Gasteiger partial charge in [0.05, 0.1) is 44.3 Å². The maximum absolute atomic E-state index is 13.9. The number of imidazole rings is 1. The molecule has 1 aromatic carbocycles. The van der Waals surface area contributed by atoms with Crippen molar-refractivity contribution >= 4 is 49.8 Å². The first-order valence-corrected chi connectivity index (χ1v) is 18.1. The van der Waals surface area contributed by atoms with Crippen molar-refractivity contribution in [2.75, 3.05) is 56.7 Å². The molecule has 3 aliphatic rings. The molecule has 3 aromatic rings. The fourth-order valence-corrected chi connectivity index (χ4v) is 8.84. The molecule has 12 nitrogen and oxygen atoms in total. The molecule has 46 heavy (non-hydrogen) atoms. The van der Waals surface area contributed by atoms with Crippen LogP contribution < -0.4 is 16.4 Å². The molecule has 13 heteroatoms. The lowest BCUT2D eigenvalue weighted by atomic mass is 10.1. The molecule has 2 bridgehead atoms. The summed E-state index contributed by atoms with van der Waals surface area (Å²) < 4.78 is 26.8. The van der Waals surface area contributed by atoms with Crippen molar-refractivity contribution in [2.45, 2.75) is 52.1 Å². The molecule has 5 heterocycles. The van der Waals surface area contributed by atoms with Gasteiger partial charge in [0.25, 0.3) is 5.91 Å². The summed E-state index contributed by atoms with van der Waals surface area (Å²) in [5.41, 5.74) is 10.4. The molecule has 2 fully saturated rings. The van der Waals surface area contributed by atoms with E-state index in [0.717, 1.165) is 62.9 Å². The number of carbonyl (C=O) groups is 1. The summed E-state index contributed by atoms with van der Waals surface area (Å²) in [7, 11) is -0.707. The second-order valence-corrected chi connectivity index (χ2v) is 15.1. The van der Waals surface area contributed by atoms with Gasteiger partial charge in [0, 0.05) is 74.8 Å². The summed E-state index contributed by atoms with van der Waals surface area (Å²) in [5.74, 6) is 2.00. The smallest absolute Gasteiger partial charge is 0.258 e. The topological polar surface area (TPSA) is 152 Å². The molecule has 2 aromatic heterocycles. The summed E-state index contributed by atoms with van der Waals surface area (Å²) in [4.78, 5) is 30.0. The van der Waals surface area contributed by atoms with Crippen LogP contribution >= 0.6 is 0 Å². The highest BCUT2D eigenvalue weighted by atomic mass is 32.2. The average molecular weight is 648 g/mol. The molecular weight excluding hydrogens is 602 g/mol. The van der Waals surface area contributed by atoms with E-state index in [2.05, 4.69) is 32.4 Å². The number of amides is 1. The van der Waals surface area contributed by atoms with Crippen LogP contribution in [0.4, 0.5) is 11.6 Å². The van der Waals surface area contributed by atoms with Crippen molar-refractivity contribution in [2.24, 2.45) is 21.0 Å². The van der Waals surface area contributed by atoms with Crippen molar-refractivity contribution in [1.82, 2.24) is 24.8 Å². The van der Waals surface area contributed by atoms with Crippen molar-refractivity contribution in [3.05, 3.63) is 53.5 Å². The lowest BCUT2D eigenvalue weighted by Gasteiger charge is -2.37. The molecule has 2 saturated heterocycles. The highest BCUT2D eigenvalue weighted by molar-refractivity contribution is 7.93. The fraction of sp³-hybridized carbons (Fsp3) is 0.515. The first-order valence-electron chi connectivity index (χ1n) is 16.2. The number of anilines is 1. The van der Waals surface area contributed by atoms with Crippen LogP contribution in [0.1, 0.15) is 54.4 Å². The number of nitrogens with zero attached hydrogens (tertiary/aromatic N) is 6. The molecule has 0 radical (unpaired) electrons. The molecule has 3 aliphatic heterocycles. The van der Waals surface area contributed by atoms with Crippen molar-refractivity contribution in [3.63, 3.8) is 0 Å². The number of hydrogen-bond acceptors (Lipinski definition) is 10. The van der Waals surface area contributed by atoms with E-state index in [-0.39, 0.29) is 11.8 Å². The number of hydrogen-bond donors (Lipinski definition) is 3. The third-order valence-electron chi connectivity index (χ3n) is 9.10. The van der Waals surface area contributed by atoms with Crippen LogP contribution in [0.25, 0.3) is 16.6 Å². The first-order chi connectivity index (χ1) is 22.2. The number of aryl methyl sites for hydroxylation is 1. The number of ether oxygens (including phenoxy) is 1. The predicted molar refractivity (Wildman–Crippen MR) is 184 cm³/mol.